The largest absolute Gasteiger partial charge is 0.396 e. The number of piperidine rings is 1. The second kappa shape index (κ2) is 4.88. The van der Waals surface area contributed by atoms with Gasteiger partial charge in [-0.2, -0.15) is 0 Å². The van der Waals surface area contributed by atoms with Crippen LogP contribution in [0.3, 0.4) is 0 Å². The van der Waals surface area contributed by atoms with Crippen molar-refractivity contribution in [3.05, 3.63) is 23.8 Å². The highest BCUT2D eigenvalue weighted by Crippen LogP contribution is 2.34. The molecule has 0 unspecified atom stereocenters. The average Bonchev–Trinajstić information content (AvgIpc) is 2.30. The van der Waals surface area contributed by atoms with Crippen molar-refractivity contribution in [2.24, 2.45) is 5.73 Å². The van der Waals surface area contributed by atoms with Crippen LogP contribution in [-0.4, -0.2) is 18.0 Å². The Hall–Kier alpha value is -1.71. The van der Waals surface area contributed by atoms with Crippen molar-refractivity contribution in [3.8, 4) is 0 Å². The van der Waals surface area contributed by atoms with E-state index in [1.807, 2.05) is 12.1 Å². The van der Waals surface area contributed by atoms with Crippen LogP contribution in [0.2, 0.25) is 0 Å². The first-order valence-corrected chi connectivity index (χ1v) is 6.49. The molecule has 2 rings (SSSR count). The molecule has 4 heteroatoms. The maximum absolute atomic E-state index is 11.3. The fourth-order valence-corrected chi connectivity index (χ4v) is 2.89. The molecular formula is C14H21N3O. The van der Waals surface area contributed by atoms with Crippen LogP contribution in [0, 0.1) is 0 Å². The van der Waals surface area contributed by atoms with Crippen LogP contribution in [0.25, 0.3) is 0 Å². The molecule has 1 aromatic carbocycles. The minimum atomic E-state index is -0.466. The van der Waals surface area contributed by atoms with E-state index >= 15 is 0 Å². The lowest BCUT2D eigenvalue weighted by Crippen LogP contribution is -2.44. The number of nitrogen functional groups attached to an aromatic ring is 1. The van der Waals surface area contributed by atoms with Crippen LogP contribution in [0.1, 0.15) is 43.5 Å². The third kappa shape index (κ3) is 2.15. The van der Waals surface area contributed by atoms with Crippen LogP contribution in [0.5, 0.6) is 0 Å². The standard InChI is InChI=1S/C14H21N3O/c1-9-5-3-6-10(2)17(9)12-8-4-7-11(13(12)15)14(16)18/h4,7-10H,3,5-6,15H2,1-2H3,(H2,16,18)/t9-,10+. The summed E-state index contributed by atoms with van der Waals surface area (Å²) < 4.78 is 0. The zero-order chi connectivity index (χ0) is 13.3. The summed E-state index contributed by atoms with van der Waals surface area (Å²) in [4.78, 5) is 13.7. The molecule has 2 atom stereocenters. The molecule has 4 nitrogen and oxygen atoms in total. The van der Waals surface area contributed by atoms with Gasteiger partial charge < -0.3 is 16.4 Å². The zero-order valence-corrected chi connectivity index (χ0v) is 11.0. The molecule has 0 spiro atoms. The van der Waals surface area contributed by atoms with Gasteiger partial charge in [-0.25, -0.2) is 0 Å². The number of amides is 1. The number of primary amides is 1. The first-order valence-electron chi connectivity index (χ1n) is 6.49. The summed E-state index contributed by atoms with van der Waals surface area (Å²) in [5, 5.41) is 0. The summed E-state index contributed by atoms with van der Waals surface area (Å²) in [6.45, 7) is 4.40. The van der Waals surface area contributed by atoms with Gasteiger partial charge in [0.25, 0.3) is 5.91 Å². The Morgan fingerprint density at radius 1 is 1.28 bits per heavy atom. The van der Waals surface area contributed by atoms with Gasteiger partial charge in [-0.3, -0.25) is 4.79 Å². The molecule has 0 saturated carbocycles. The summed E-state index contributed by atoms with van der Waals surface area (Å²) in [6.07, 6.45) is 3.56. The number of para-hydroxylation sites is 1. The van der Waals surface area contributed by atoms with E-state index < -0.39 is 5.91 Å². The number of hydrogen-bond donors (Lipinski definition) is 2. The number of benzene rings is 1. The highest BCUT2D eigenvalue weighted by atomic mass is 16.1. The van der Waals surface area contributed by atoms with Crippen molar-refractivity contribution < 1.29 is 4.79 Å². The fourth-order valence-electron chi connectivity index (χ4n) is 2.89. The first-order chi connectivity index (χ1) is 8.52. The van der Waals surface area contributed by atoms with Gasteiger partial charge in [0.2, 0.25) is 0 Å². The third-order valence-corrected chi connectivity index (χ3v) is 3.82. The molecule has 1 aliphatic rings. The summed E-state index contributed by atoms with van der Waals surface area (Å²) in [6, 6.07) is 6.39. The summed E-state index contributed by atoms with van der Waals surface area (Å²) in [5.74, 6) is -0.466. The van der Waals surface area contributed by atoms with Gasteiger partial charge >= 0.3 is 0 Å². The Morgan fingerprint density at radius 3 is 2.44 bits per heavy atom. The smallest absolute Gasteiger partial charge is 0.250 e. The summed E-state index contributed by atoms with van der Waals surface area (Å²) in [5.41, 5.74) is 13.3. The van der Waals surface area contributed by atoms with Crippen molar-refractivity contribution in [1.82, 2.24) is 0 Å². The molecule has 1 aromatic rings. The molecule has 0 radical (unpaired) electrons. The number of carbonyl (C=O) groups excluding carboxylic acids is 1. The van der Waals surface area contributed by atoms with E-state index in [-0.39, 0.29) is 0 Å². The minimum absolute atomic E-state index is 0.414. The van der Waals surface area contributed by atoms with Gasteiger partial charge in [0.05, 0.1) is 16.9 Å². The molecule has 0 aromatic heterocycles. The number of nitrogens with zero attached hydrogens (tertiary/aromatic N) is 1. The number of carbonyl (C=O) groups is 1. The predicted octanol–water partition coefficient (Wildman–Crippen LogP) is 2.14. The lowest BCUT2D eigenvalue weighted by molar-refractivity contribution is 0.100. The van der Waals surface area contributed by atoms with Gasteiger partial charge in [0.15, 0.2) is 0 Å². The molecule has 4 N–H and O–H groups in total. The summed E-state index contributed by atoms with van der Waals surface area (Å²) in [7, 11) is 0. The highest BCUT2D eigenvalue weighted by Gasteiger charge is 2.27. The lowest BCUT2D eigenvalue weighted by atomic mass is 9.95. The topological polar surface area (TPSA) is 72.3 Å². The molecule has 0 aliphatic carbocycles. The third-order valence-electron chi connectivity index (χ3n) is 3.82. The second-order valence-electron chi connectivity index (χ2n) is 5.14. The molecule has 98 valence electrons. The van der Waals surface area contributed by atoms with E-state index in [1.165, 1.54) is 6.42 Å². The van der Waals surface area contributed by atoms with E-state index in [0.717, 1.165) is 18.5 Å². The molecule has 1 aliphatic heterocycles. The Bertz CT molecular complexity index is 448. The van der Waals surface area contributed by atoms with Crippen LogP contribution in [0.4, 0.5) is 11.4 Å². The Morgan fingerprint density at radius 2 is 1.89 bits per heavy atom. The van der Waals surface area contributed by atoms with Gasteiger partial charge in [0.1, 0.15) is 0 Å². The Balaban J connectivity index is 2.43. The van der Waals surface area contributed by atoms with Crippen molar-refractivity contribution in [3.63, 3.8) is 0 Å². The summed E-state index contributed by atoms with van der Waals surface area (Å²) >= 11 is 0. The van der Waals surface area contributed by atoms with Gasteiger partial charge in [-0.05, 0) is 45.2 Å². The number of nitrogens with two attached hydrogens (primary N) is 2. The van der Waals surface area contributed by atoms with Crippen molar-refractivity contribution in [1.29, 1.82) is 0 Å². The van der Waals surface area contributed by atoms with Crippen molar-refractivity contribution in [2.75, 3.05) is 10.6 Å². The highest BCUT2D eigenvalue weighted by molar-refractivity contribution is 6.01. The lowest BCUT2D eigenvalue weighted by Gasteiger charge is -2.41. The van der Waals surface area contributed by atoms with E-state index in [2.05, 4.69) is 18.7 Å². The molecular weight excluding hydrogens is 226 g/mol. The monoisotopic (exact) mass is 247 g/mol. The van der Waals surface area contributed by atoms with E-state index in [9.17, 15) is 4.79 Å². The number of hydrogen-bond acceptors (Lipinski definition) is 3. The van der Waals surface area contributed by atoms with E-state index in [0.29, 0.717) is 23.3 Å². The predicted molar refractivity (Wildman–Crippen MR) is 74.6 cm³/mol. The normalized spacial score (nSPS) is 24.0. The zero-order valence-electron chi connectivity index (χ0n) is 11.0. The van der Waals surface area contributed by atoms with Gasteiger partial charge in [0, 0.05) is 12.1 Å². The van der Waals surface area contributed by atoms with Crippen LogP contribution in [-0.2, 0) is 0 Å². The molecule has 1 fully saturated rings. The van der Waals surface area contributed by atoms with Gasteiger partial charge in [-0.1, -0.05) is 6.07 Å². The Kier molecular flexibility index (Phi) is 3.45. The van der Waals surface area contributed by atoms with E-state index in [1.54, 1.807) is 6.07 Å². The van der Waals surface area contributed by atoms with Crippen LogP contribution in [0.15, 0.2) is 18.2 Å². The van der Waals surface area contributed by atoms with E-state index in [4.69, 9.17) is 11.5 Å². The van der Waals surface area contributed by atoms with Gasteiger partial charge in [-0.15, -0.1) is 0 Å². The maximum atomic E-state index is 11.3. The van der Waals surface area contributed by atoms with Crippen LogP contribution >= 0.6 is 0 Å². The van der Waals surface area contributed by atoms with Crippen LogP contribution < -0.4 is 16.4 Å². The van der Waals surface area contributed by atoms with Crippen molar-refractivity contribution >= 4 is 17.3 Å². The molecule has 1 amide bonds. The second-order valence-corrected chi connectivity index (χ2v) is 5.14. The quantitative estimate of drug-likeness (QED) is 0.786. The molecule has 18 heavy (non-hydrogen) atoms. The SMILES string of the molecule is C[C@@H]1CCC[C@H](C)N1c1cccc(C(N)=O)c1N. The van der Waals surface area contributed by atoms with Crippen molar-refractivity contribution in [2.45, 2.75) is 45.2 Å². The first kappa shape index (κ1) is 12.7. The molecule has 1 heterocycles. The molecule has 0 bridgehead atoms. The molecule has 1 saturated heterocycles. The number of rotatable bonds is 2. The minimum Gasteiger partial charge on any atom is -0.396 e. The average molecular weight is 247 g/mol. The number of anilines is 2. The Labute approximate surface area is 108 Å². The fraction of sp³-hybridized carbons (Fsp3) is 0.500. The maximum Gasteiger partial charge on any atom is 0.250 e.